The van der Waals surface area contributed by atoms with Gasteiger partial charge in [0.1, 0.15) is 0 Å². The second-order valence-corrected chi connectivity index (χ2v) is 7.26. The molecule has 0 saturated carbocycles. The van der Waals surface area contributed by atoms with Gasteiger partial charge in [0.2, 0.25) is 0 Å². The van der Waals surface area contributed by atoms with Crippen LogP contribution in [0.5, 0.6) is 0 Å². The summed E-state index contributed by atoms with van der Waals surface area (Å²) in [5.41, 5.74) is 3.29. The summed E-state index contributed by atoms with van der Waals surface area (Å²) < 4.78 is 23.4. The van der Waals surface area contributed by atoms with E-state index in [-0.39, 0.29) is 5.75 Å². The Morgan fingerprint density at radius 3 is 2.52 bits per heavy atom. The quantitative estimate of drug-likeness (QED) is 0.771. The van der Waals surface area contributed by atoms with Crippen molar-refractivity contribution in [3.8, 4) is 0 Å². The molecular formula is C15H21N3O2S. The summed E-state index contributed by atoms with van der Waals surface area (Å²) in [4.78, 5) is 0.379. The summed E-state index contributed by atoms with van der Waals surface area (Å²) in [7, 11) is -3.11. The highest BCUT2D eigenvalue weighted by Crippen LogP contribution is 2.15. The van der Waals surface area contributed by atoms with E-state index >= 15 is 0 Å². The molecule has 0 aliphatic rings. The van der Waals surface area contributed by atoms with Crippen molar-refractivity contribution < 1.29 is 8.42 Å². The second kappa shape index (κ2) is 6.76. The minimum absolute atomic E-state index is 0.129. The van der Waals surface area contributed by atoms with Gasteiger partial charge in [-0.05, 0) is 49.6 Å². The molecule has 1 aromatic heterocycles. The van der Waals surface area contributed by atoms with E-state index in [4.69, 9.17) is 0 Å². The first-order chi connectivity index (χ1) is 10.0. The lowest BCUT2D eigenvalue weighted by Crippen LogP contribution is -2.05. The standard InChI is InChI=1S/C15H21N3O2S/c1-3-21(19,20)15-8-6-14(7-9-15)16-10-4-5-13-11-17-18-12(13)2/h6-9,11,16H,3-5,10H2,1-2H3,(H,17,18). The molecule has 0 aliphatic carbocycles. The number of sulfone groups is 1. The van der Waals surface area contributed by atoms with Crippen LogP contribution >= 0.6 is 0 Å². The molecule has 0 radical (unpaired) electrons. The predicted molar refractivity (Wildman–Crippen MR) is 84.3 cm³/mol. The lowest BCUT2D eigenvalue weighted by Gasteiger charge is -2.07. The number of anilines is 1. The molecule has 0 aliphatic heterocycles. The molecule has 0 spiro atoms. The van der Waals surface area contributed by atoms with E-state index in [1.54, 1.807) is 19.1 Å². The van der Waals surface area contributed by atoms with E-state index in [0.717, 1.165) is 30.8 Å². The lowest BCUT2D eigenvalue weighted by atomic mass is 10.1. The number of benzene rings is 1. The van der Waals surface area contributed by atoms with Crippen LogP contribution in [0.1, 0.15) is 24.6 Å². The van der Waals surface area contributed by atoms with Gasteiger partial charge in [0, 0.05) is 17.9 Å². The first-order valence-electron chi connectivity index (χ1n) is 7.08. The summed E-state index contributed by atoms with van der Waals surface area (Å²) in [6, 6.07) is 6.93. The van der Waals surface area contributed by atoms with Gasteiger partial charge in [0.15, 0.2) is 9.84 Å². The number of nitrogens with one attached hydrogen (secondary N) is 2. The van der Waals surface area contributed by atoms with Crippen LogP contribution in [0.4, 0.5) is 5.69 Å². The van der Waals surface area contributed by atoms with Crippen molar-refractivity contribution in [3.05, 3.63) is 41.7 Å². The highest BCUT2D eigenvalue weighted by atomic mass is 32.2. The van der Waals surface area contributed by atoms with Crippen LogP contribution in [0.25, 0.3) is 0 Å². The summed E-state index contributed by atoms with van der Waals surface area (Å²) in [6.45, 7) is 4.51. The maximum atomic E-state index is 11.7. The number of hydrogen-bond donors (Lipinski definition) is 2. The Morgan fingerprint density at radius 2 is 1.95 bits per heavy atom. The van der Waals surface area contributed by atoms with Crippen LogP contribution in [0.15, 0.2) is 35.4 Å². The molecule has 0 saturated heterocycles. The fourth-order valence-electron chi connectivity index (χ4n) is 2.09. The van der Waals surface area contributed by atoms with Crippen molar-refractivity contribution in [2.24, 2.45) is 0 Å². The SMILES string of the molecule is CCS(=O)(=O)c1ccc(NCCCc2cn[nH]c2C)cc1. The molecule has 2 rings (SSSR count). The lowest BCUT2D eigenvalue weighted by molar-refractivity contribution is 0.597. The van der Waals surface area contributed by atoms with Gasteiger partial charge < -0.3 is 5.32 Å². The van der Waals surface area contributed by atoms with Gasteiger partial charge in [0.05, 0.1) is 16.8 Å². The number of aromatic nitrogens is 2. The van der Waals surface area contributed by atoms with Gasteiger partial charge in [-0.15, -0.1) is 0 Å². The number of aromatic amines is 1. The number of nitrogens with zero attached hydrogens (tertiary/aromatic N) is 1. The van der Waals surface area contributed by atoms with E-state index in [0.29, 0.717) is 4.90 Å². The van der Waals surface area contributed by atoms with Gasteiger partial charge in [-0.25, -0.2) is 8.42 Å². The third-order valence-corrected chi connectivity index (χ3v) is 5.23. The summed E-state index contributed by atoms with van der Waals surface area (Å²) in [6.07, 6.45) is 3.83. The fraction of sp³-hybridized carbons (Fsp3) is 0.400. The monoisotopic (exact) mass is 307 g/mol. The van der Waals surface area contributed by atoms with Crippen LogP contribution in [-0.4, -0.2) is 30.9 Å². The highest BCUT2D eigenvalue weighted by molar-refractivity contribution is 7.91. The summed E-state index contributed by atoms with van der Waals surface area (Å²) >= 11 is 0. The third-order valence-electron chi connectivity index (χ3n) is 3.48. The normalized spacial score (nSPS) is 11.5. The van der Waals surface area contributed by atoms with Crippen molar-refractivity contribution in [2.75, 3.05) is 17.6 Å². The molecule has 0 bridgehead atoms. The fourth-order valence-corrected chi connectivity index (χ4v) is 2.97. The molecule has 21 heavy (non-hydrogen) atoms. The zero-order valence-corrected chi connectivity index (χ0v) is 13.2. The van der Waals surface area contributed by atoms with Crippen molar-refractivity contribution >= 4 is 15.5 Å². The van der Waals surface area contributed by atoms with Crippen LogP contribution in [0.2, 0.25) is 0 Å². The zero-order valence-electron chi connectivity index (χ0n) is 12.4. The van der Waals surface area contributed by atoms with E-state index in [1.165, 1.54) is 5.56 Å². The van der Waals surface area contributed by atoms with Crippen LogP contribution in [0.3, 0.4) is 0 Å². The van der Waals surface area contributed by atoms with Crippen LogP contribution in [-0.2, 0) is 16.3 Å². The topological polar surface area (TPSA) is 74.8 Å². The number of hydrogen-bond acceptors (Lipinski definition) is 4. The Labute approximate surface area is 125 Å². The second-order valence-electron chi connectivity index (χ2n) is 4.98. The molecule has 0 fully saturated rings. The number of H-pyrrole nitrogens is 1. The van der Waals surface area contributed by atoms with Gasteiger partial charge in [-0.3, -0.25) is 5.10 Å². The van der Waals surface area contributed by atoms with Crippen LogP contribution in [0, 0.1) is 6.92 Å². The Bertz CT molecular complexity index is 675. The Balaban J connectivity index is 1.83. The summed E-state index contributed by atoms with van der Waals surface area (Å²) in [5, 5.41) is 10.2. The Morgan fingerprint density at radius 1 is 1.24 bits per heavy atom. The minimum Gasteiger partial charge on any atom is -0.385 e. The molecule has 1 heterocycles. The largest absolute Gasteiger partial charge is 0.385 e. The Hall–Kier alpha value is -1.82. The third kappa shape index (κ3) is 4.07. The van der Waals surface area contributed by atoms with Gasteiger partial charge in [0.25, 0.3) is 0 Å². The van der Waals surface area contributed by atoms with Crippen molar-refractivity contribution in [1.29, 1.82) is 0 Å². The highest BCUT2D eigenvalue weighted by Gasteiger charge is 2.10. The van der Waals surface area contributed by atoms with E-state index in [2.05, 4.69) is 15.5 Å². The van der Waals surface area contributed by atoms with Gasteiger partial charge in [-0.2, -0.15) is 5.10 Å². The molecule has 2 aromatic rings. The molecule has 2 N–H and O–H groups in total. The van der Waals surface area contributed by atoms with Crippen molar-refractivity contribution in [2.45, 2.75) is 31.6 Å². The predicted octanol–water partition coefficient (Wildman–Crippen LogP) is 2.56. The molecule has 0 amide bonds. The van der Waals surface area contributed by atoms with Crippen molar-refractivity contribution in [1.82, 2.24) is 10.2 Å². The van der Waals surface area contributed by atoms with Gasteiger partial charge >= 0.3 is 0 Å². The minimum atomic E-state index is -3.11. The maximum Gasteiger partial charge on any atom is 0.178 e. The van der Waals surface area contributed by atoms with Crippen LogP contribution < -0.4 is 5.32 Å². The molecule has 6 heteroatoms. The van der Waals surface area contributed by atoms with E-state index < -0.39 is 9.84 Å². The zero-order chi connectivity index (χ0) is 15.3. The van der Waals surface area contributed by atoms with Gasteiger partial charge in [-0.1, -0.05) is 6.92 Å². The average Bonchev–Trinajstić information content (AvgIpc) is 2.89. The number of rotatable bonds is 7. The summed E-state index contributed by atoms with van der Waals surface area (Å²) in [5.74, 6) is 0.129. The molecule has 1 aromatic carbocycles. The first kappa shape index (κ1) is 15.6. The first-order valence-corrected chi connectivity index (χ1v) is 8.73. The van der Waals surface area contributed by atoms with E-state index in [1.807, 2.05) is 25.3 Å². The molecular weight excluding hydrogens is 286 g/mol. The smallest absolute Gasteiger partial charge is 0.178 e. The Kier molecular flexibility index (Phi) is 5.01. The molecule has 0 atom stereocenters. The number of aryl methyl sites for hydroxylation is 2. The molecule has 0 unspecified atom stereocenters. The molecule has 5 nitrogen and oxygen atoms in total. The maximum absolute atomic E-state index is 11.7. The van der Waals surface area contributed by atoms with Crippen molar-refractivity contribution in [3.63, 3.8) is 0 Å². The average molecular weight is 307 g/mol. The van der Waals surface area contributed by atoms with E-state index in [9.17, 15) is 8.42 Å². The molecule has 114 valence electrons.